The fourth-order valence-corrected chi connectivity index (χ4v) is 4.20. The summed E-state index contributed by atoms with van der Waals surface area (Å²) in [6.07, 6.45) is -2.82. The van der Waals surface area contributed by atoms with Gasteiger partial charge < -0.3 is 5.11 Å². The fourth-order valence-electron chi connectivity index (χ4n) is 2.67. The summed E-state index contributed by atoms with van der Waals surface area (Å²) in [4.78, 5) is 1.07. The zero-order valence-corrected chi connectivity index (χ0v) is 12.7. The number of aliphatic hydroxyl groups excluding tert-OH is 1. The Hall–Kier alpha value is -0.0700. The molecule has 1 atom stereocenters. The first-order valence-corrected chi connectivity index (χ1v) is 7.96. The highest BCUT2D eigenvalue weighted by atomic mass is 79.9. The minimum atomic E-state index is -4.07. The summed E-state index contributed by atoms with van der Waals surface area (Å²) < 4.78 is 38.7. The van der Waals surface area contributed by atoms with Gasteiger partial charge >= 0.3 is 6.18 Å². The summed E-state index contributed by atoms with van der Waals surface area (Å²) in [7, 11) is 0. The third-order valence-electron chi connectivity index (χ3n) is 3.82. The van der Waals surface area contributed by atoms with E-state index in [0.29, 0.717) is 19.3 Å². The molecule has 0 bridgehead atoms. The molecular formula is C13H16BrF3OS. The number of hydrogen-bond acceptors (Lipinski definition) is 2. The lowest BCUT2D eigenvalue weighted by atomic mass is 9.78. The largest absolute Gasteiger partial charge is 0.392 e. The van der Waals surface area contributed by atoms with Crippen molar-refractivity contribution in [3.8, 4) is 0 Å². The van der Waals surface area contributed by atoms with Crippen molar-refractivity contribution in [2.45, 2.75) is 44.4 Å². The van der Waals surface area contributed by atoms with Gasteiger partial charge in [0, 0.05) is 11.3 Å². The molecule has 1 aliphatic carbocycles. The van der Waals surface area contributed by atoms with Crippen molar-refractivity contribution in [3.05, 3.63) is 20.8 Å². The molecule has 1 nitrogen and oxygen atoms in total. The molecule has 6 heteroatoms. The van der Waals surface area contributed by atoms with Crippen LogP contribution in [-0.4, -0.2) is 17.4 Å². The monoisotopic (exact) mass is 356 g/mol. The van der Waals surface area contributed by atoms with Gasteiger partial charge in [-0.25, -0.2) is 0 Å². The Morgan fingerprint density at radius 2 is 1.89 bits per heavy atom. The fraction of sp³-hybridized carbons (Fsp3) is 0.692. The maximum Gasteiger partial charge on any atom is 0.391 e. The van der Waals surface area contributed by atoms with Gasteiger partial charge in [0.05, 0.1) is 15.8 Å². The first-order valence-electron chi connectivity index (χ1n) is 6.35. The summed E-state index contributed by atoms with van der Waals surface area (Å²) in [5.41, 5.74) is 0. The zero-order valence-electron chi connectivity index (χ0n) is 10.3. The molecular weight excluding hydrogens is 341 g/mol. The van der Waals surface area contributed by atoms with Crippen LogP contribution in [-0.2, 0) is 6.42 Å². The number of hydrogen-bond donors (Lipinski definition) is 1. The highest BCUT2D eigenvalue weighted by molar-refractivity contribution is 9.11. The van der Waals surface area contributed by atoms with Crippen LogP contribution in [0.15, 0.2) is 15.9 Å². The average molecular weight is 357 g/mol. The predicted octanol–water partition coefficient (Wildman–Crippen LogP) is 4.78. The van der Waals surface area contributed by atoms with Gasteiger partial charge in [-0.3, -0.25) is 0 Å². The van der Waals surface area contributed by atoms with E-state index >= 15 is 0 Å². The molecule has 1 aliphatic rings. The van der Waals surface area contributed by atoms with Crippen LogP contribution in [0.3, 0.4) is 0 Å². The lowest BCUT2D eigenvalue weighted by molar-refractivity contribution is -0.185. The molecule has 1 fully saturated rings. The maximum atomic E-state index is 12.6. The normalized spacial score (nSPS) is 26.4. The van der Waals surface area contributed by atoms with Gasteiger partial charge in [0.15, 0.2) is 0 Å². The van der Waals surface area contributed by atoms with Crippen LogP contribution >= 0.6 is 27.3 Å². The first kappa shape index (κ1) is 15.3. The molecule has 1 saturated carbocycles. The molecule has 1 unspecified atom stereocenters. The molecule has 0 spiro atoms. The van der Waals surface area contributed by atoms with Crippen LogP contribution in [0.25, 0.3) is 0 Å². The van der Waals surface area contributed by atoms with Crippen molar-refractivity contribution in [2.24, 2.45) is 11.8 Å². The van der Waals surface area contributed by atoms with Crippen molar-refractivity contribution < 1.29 is 18.3 Å². The van der Waals surface area contributed by atoms with Crippen LogP contribution in [0.5, 0.6) is 0 Å². The smallest absolute Gasteiger partial charge is 0.391 e. The van der Waals surface area contributed by atoms with Gasteiger partial charge in [0.25, 0.3) is 0 Å². The van der Waals surface area contributed by atoms with Crippen molar-refractivity contribution in [1.29, 1.82) is 0 Å². The van der Waals surface area contributed by atoms with E-state index in [-0.39, 0.29) is 18.8 Å². The quantitative estimate of drug-likeness (QED) is 0.825. The first-order chi connectivity index (χ1) is 8.86. The third kappa shape index (κ3) is 4.20. The van der Waals surface area contributed by atoms with Gasteiger partial charge in [-0.15, -0.1) is 11.3 Å². The maximum absolute atomic E-state index is 12.6. The Morgan fingerprint density at radius 1 is 1.26 bits per heavy atom. The molecule has 0 aromatic carbocycles. The minimum absolute atomic E-state index is 0.000486. The molecule has 108 valence electrons. The molecule has 1 aromatic rings. The second kappa shape index (κ2) is 6.14. The Kier molecular flexibility index (Phi) is 4.95. The van der Waals surface area contributed by atoms with Crippen LogP contribution in [0.1, 0.15) is 30.6 Å². The average Bonchev–Trinajstić information content (AvgIpc) is 2.74. The second-order valence-corrected chi connectivity index (χ2v) is 7.68. The number of alkyl halides is 3. The third-order valence-corrected chi connectivity index (χ3v) is 5.46. The van der Waals surface area contributed by atoms with E-state index in [1.807, 2.05) is 12.1 Å². The number of thiophene rings is 1. The van der Waals surface area contributed by atoms with Gasteiger partial charge in [-0.05, 0) is 59.7 Å². The van der Waals surface area contributed by atoms with E-state index in [1.165, 1.54) is 0 Å². The van der Waals surface area contributed by atoms with Gasteiger partial charge in [0.2, 0.25) is 0 Å². The predicted molar refractivity (Wildman–Crippen MR) is 73.2 cm³/mol. The van der Waals surface area contributed by atoms with E-state index in [4.69, 9.17) is 0 Å². The lowest BCUT2D eigenvalue weighted by Crippen LogP contribution is -2.32. The summed E-state index contributed by atoms with van der Waals surface area (Å²) in [6, 6.07) is 3.87. The molecule has 0 aliphatic heterocycles. The summed E-state index contributed by atoms with van der Waals surface area (Å²) in [6.45, 7) is 0. The highest BCUT2D eigenvalue weighted by Gasteiger charge is 2.42. The van der Waals surface area contributed by atoms with Gasteiger partial charge in [-0.2, -0.15) is 13.2 Å². The van der Waals surface area contributed by atoms with E-state index < -0.39 is 18.2 Å². The molecule has 0 amide bonds. The molecule has 0 radical (unpaired) electrons. The van der Waals surface area contributed by atoms with Crippen molar-refractivity contribution in [3.63, 3.8) is 0 Å². The van der Waals surface area contributed by atoms with E-state index in [9.17, 15) is 18.3 Å². The van der Waals surface area contributed by atoms with Crippen LogP contribution in [0.4, 0.5) is 13.2 Å². The second-order valence-electron chi connectivity index (χ2n) is 5.13. The van der Waals surface area contributed by atoms with Gasteiger partial charge in [-0.1, -0.05) is 0 Å². The van der Waals surface area contributed by atoms with E-state index in [1.54, 1.807) is 11.3 Å². The molecule has 0 saturated heterocycles. The SMILES string of the molecule is OC(Cc1ccc(Br)s1)C1CCC(C(F)(F)F)CC1. The van der Waals surface area contributed by atoms with Crippen LogP contribution < -0.4 is 0 Å². The van der Waals surface area contributed by atoms with E-state index in [2.05, 4.69) is 15.9 Å². The highest BCUT2D eigenvalue weighted by Crippen LogP contribution is 2.41. The summed E-state index contributed by atoms with van der Waals surface area (Å²) in [5.74, 6) is -1.17. The lowest BCUT2D eigenvalue weighted by Gasteiger charge is -2.32. The Labute approximate surface area is 123 Å². The standard InChI is InChI=1S/C13H16BrF3OS/c14-12-6-5-10(19-12)7-11(18)8-1-3-9(4-2-8)13(15,16)17/h5-6,8-9,11,18H,1-4,7H2. The Morgan fingerprint density at radius 3 is 2.37 bits per heavy atom. The van der Waals surface area contributed by atoms with E-state index in [0.717, 1.165) is 8.66 Å². The Balaban J connectivity index is 1.84. The van der Waals surface area contributed by atoms with Crippen molar-refractivity contribution in [1.82, 2.24) is 0 Å². The number of rotatable bonds is 3. The molecule has 1 heterocycles. The Bertz CT molecular complexity index is 410. The summed E-state index contributed by atoms with van der Waals surface area (Å²) >= 11 is 4.92. The van der Waals surface area contributed by atoms with Crippen LogP contribution in [0.2, 0.25) is 0 Å². The van der Waals surface area contributed by atoms with Crippen LogP contribution in [0, 0.1) is 11.8 Å². The zero-order chi connectivity index (χ0) is 14.0. The number of aliphatic hydroxyl groups is 1. The summed E-state index contributed by atoms with van der Waals surface area (Å²) in [5, 5.41) is 10.1. The molecule has 19 heavy (non-hydrogen) atoms. The van der Waals surface area contributed by atoms with Gasteiger partial charge in [0.1, 0.15) is 0 Å². The van der Waals surface area contributed by atoms with Crippen molar-refractivity contribution in [2.75, 3.05) is 0 Å². The number of halogens is 4. The molecule has 1 N–H and O–H groups in total. The molecule has 1 aromatic heterocycles. The topological polar surface area (TPSA) is 20.2 Å². The molecule has 2 rings (SSSR count). The minimum Gasteiger partial charge on any atom is -0.392 e. The van der Waals surface area contributed by atoms with Crippen molar-refractivity contribution >= 4 is 27.3 Å².